The van der Waals surface area contributed by atoms with Gasteiger partial charge in [-0.15, -0.1) is 0 Å². The van der Waals surface area contributed by atoms with Crippen LogP contribution in [-0.4, -0.2) is 22.6 Å². The number of para-hydroxylation sites is 1. The molecule has 0 aliphatic carbocycles. The molecule has 0 bridgehead atoms. The van der Waals surface area contributed by atoms with Crippen LogP contribution in [0.1, 0.15) is 25.0 Å². The van der Waals surface area contributed by atoms with Crippen molar-refractivity contribution in [2.24, 2.45) is 0 Å². The van der Waals surface area contributed by atoms with Crippen molar-refractivity contribution < 1.29 is 9.47 Å². The highest BCUT2D eigenvalue weighted by molar-refractivity contribution is 5.51. The number of rotatable bonds is 3. The van der Waals surface area contributed by atoms with Gasteiger partial charge < -0.3 is 14.8 Å². The van der Waals surface area contributed by atoms with Gasteiger partial charge in [0.25, 0.3) is 0 Å². The number of aromatic nitrogens is 2. The van der Waals surface area contributed by atoms with Gasteiger partial charge in [-0.05, 0) is 26.8 Å². The molecule has 5 nitrogen and oxygen atoms in total. The zero-order valence-electron chi connectivity index (χ0n) is 12.7. The smallest absolute Gasteiger partial charge is 0.227 e. The molecule has 0 radical (unpaired) electrons. The number of ether oxygens (including phenoxy) is 2. The maximum Gasteiger partial charge on any atom is 0.227 e. The topological polar surface area (TPSA) is 56.3 Å². The van der Waals surface area contributed by atoms with Crippen LogP contribution in [0.15, 0.2) is 24.4 Å². The molecular weight excluding hydrogens is 266 g/mol. The van der Waals surface area contributed by atoms with Crippen molar-refractivity contribution in [2.75, 3.05) is 12.4 Å². The molecule has 0 saturated carbocycles. The largest absolute Gasteiger partial charge is 0.483 e. The molecule has 3 rings (SSSR count). The van der Waals surface area contributed by atoms with Gasteiger partial charge in [-0.2, -0.15) is 4.98 Å². The van der Waals surface area contributed by atoms with Crippen LogP contribution in [-0.2, 0) is 6.42 Å². The van der Waals surface area contributed by atoms with E-state index in [1.165, 1.54) is 0 Å². The predicted molar refractivity (Wildman–Crippen MR) is 81.2 cm³/mol. The van der Waals surface area contributed by atoms with Crippen molar-refractivity contribution in [3.8, 4) is 17.4 Å². The third-order valence-electron chi connectivity index (χ3n) is 3.41. The minimum absolute atomic E-state index is 0.196. The summed E-state index contributed by atoms with van der Waals surface area (Å²) in [6.45, 7) is 6.07. The van der Waals surface area contributed by atoms with Crippen LogP contribution in [0.3, 0.4) is 0 Å². The zero-order chi connectivity index (χ0) is 15.0. The Labute approximate surface area is 124 Å². The van der Waals surface area contributed by atoms with Crippen LogP contribution in [0.4, 0.5) is 5.95 Å². The highest BCUT2D eigenvalue weighted by Gasteiger charge is 2.32. The Morgan fingerprint density at radius 1 is 1.33 bits per heavy atom. The molecule has 1 N–H and O–H groups in total. The molecule has 0 spiro atoms. The van der Waals surface area contributed by atoms with E-state index in [0.717, 1.165) is 23.3 Å². The molecule has 2 aromatic rings. The monoisotopic (exact) mass is 285 g/mol. The van der Waals surface area contributed by atoms with Gasteiger partial charge in [-0.25, -0.2) is 4.98 Å². The number of hydrogen-bond acceptors (Lipinski definition) is 5. The lowest BCUT2D eigenvalue weighted by Crippen LogP contribution is -2.24. The molecular formula is C16H19N3O2. The van der Waals surface area contributed by atoms with E-state index in [0.29, 0.717) is 17.6 Å². The van der Waals surface area contributed by atoms with Gasteiger partial charge >= 0.3 is 0 Å². The molecule has 5 heteroatoms. The number of fused-ring (bicyclic) bond motifs is 1. The van der Waals surface area contributed by atoms with Gasteiger partial charge in [0.05, 0.1) is 0 Å². The van der Waals surface area contributed by atoms with Crippen molar-refractivity contribution in [1.29, 1.82) is 0 Å². The summed E-state index contributed by atoms with van der Waals surface area (Å²) in [5, 5.41) is 2.91. The Morgan fingerprint density at radius 3 is 2.90 bits per heavy atom. The second kappa shape index (κ2) is 4.91. The van der Waals surface area contributed by atoms with Crippen molar-refractivity contribution in [2.45, 2.75) is 32.8 Å². The van der Waals surface area contributed by atoms with Crippen LogP contribution in [0.5, 0.6) is 17.4 Å². The fourth-order valence-corrected chi connectivity index (χ4v) is 2.42. The van der Waals surface area contributed by atoms with E-state index in [9.17, 15) is 0 Å². The maximum atomic E-state index is 6.01. The average molecular weight is 285 g/mol. The number of nitrogens with zero attached hydrogens (tertiary/aromatic N) is 2. The van der Waals surface area contributed by atoms with E-state index >= 15 is 0 Å². The Morgan fingerprint density at radius 2 is 2.14 bits per heavy atom. The van der Waals surface area contributed by atoms with Crippen LogP contribution in [0.2, 0.25) is 0 Å². The second-order valence-corrected chi connectivity index (χ2v) is 5.82. The molecule has 0 amide bonds. The lowest BCUT2D eigenvalue weighted by Gasteiger charge is -2.18. The highest BCUT2D eigenvalue weighted by Crippen LogP contribution is 2.43. The summed E-state index contributed by atoms with van der Waals surface area (Å²) in [6, 6.07) is 5.96. The summed E-state index contributed by atoms with van der Waals surface area (Å²) in [5.41, 5.74) is 1.85. The van der Waals surface area contributed by atoms with E-state index in [2.05, 4.69) is 35.2 Å². The van der Waals surface area contributed by atoms with Gasteiger partial charge in [-0.1, -0.05) is 12.1 Å². The number of nitrogens with one attached hydrogen (secondary N) is 1. The molecule has 110 valence electrons. The first-order valence-corrected chi connectivity index (χ1v) is 6.99. The Kier molecular flexibility index (Phi) is 3.20. The average Bonchev–Trinajstić information content (AvgIpc) is 2.76. The fourth-order valence-electron chi connectivity index (χ4n) is 2.42. The van der Waals surface area contributed by atoms with Gasteiger partial charge in [-0.3, -0.25) is 0 Å². The Hall–Kier alpha value is -2.30. The number of hydrogen-bond donors (Lipinski definition) is 1. The van der Waals surface area contributed by atoms with E-state index < -0.39 is 0 Å². The molecule has 21 heavy (non-hydrogen) atoms. The van der Waals surface area contributed by atoms with Gasteiger partial charge in [0, 0.05) is 30.8 Å². The van der Waals surface area contributed by atoms with Crippen LogP contribution < -0.4 is 14.8 Å². The van der Waals surface area contributed by atoms with E-state index in [1.54, 1.807) is 13.2 Å². The maximum absolute atomic E-state index is 6.01. The molecule has 2 heterocycles. The first-order chi connectivity index (χ1) is 9.98. The minimum Gasteiger partial charge on any atom is -0.483 e. The first-order valence-electron chi connectivity index (χ1n) is 6.99. The molecule has 0 saturated heterocycles. The van der Waals surface area contributed by atoms with Gasteiger partial charge in [0.1, 0.15) is 5.60 Å². The highest BCUT2D eigenvalue weighted by atomic mass is 16.5. The lowest BCUT2D eigenvalue weighted by atomic mass is 10.0. The van der Waals surface area contributed by atoms with Gasteiger partial charge in [0.2, 0.25) is 11.8 Å². The quantitative estimate of drug-likeness (QED) is 0.937. The van der Waals surface area contributed by atoms with Crippen molar-refractivity contribution in [1.82, 2.24) is 9.97 Å². The number of benzene rings is 1. The molecule has 1 aliphatic rings. The van der Waals surface area contributed by atoms with Crippen LogP contribution in [0.25, 0.3) is 0 Å². The predicted octanol–water partition coefficient (Wildman–Crippen LogP) is 3.33. The SMILES string of the molecule is CNc1ncc(C)c(Oc2cccc3c2OC(C)(C)C3)n1. The molecule has 0 unspecified atom stereocenters. The van der Waals surface area contributed by atoms with Crippen molar-refractivity contribution in [3.63, 3.8) is 0 Å². The van der Waals surface area contributed by atoms with Crippen LogP contribution >= 0.6 is 0 Å². The third kappa shape index (κ3) is 2.63. The molecule has 1 aliphatic heterocycles. The summed E-state index contributed by atoms with van der Waals surface area (Å²) < 4.78 is 12.0. The first kappa shape index (κ1) is 13.7. The lowest BCUT2D eigenvalue weighted by molar-refractivity contribution is 0.135. The summed E-state index contributed by atoms with van der Waals surface area (Å²) >= 11 is 0. The number of anilines is 1. The summed E-state index contributed by atoms with van der Waals surface area (Å²) in [7, 11) is 1.78. The summed E-state index contributed by atoms with van der Waals surface area (Å²) in [6.07, 6.45) is 2.62. The number of aryl methyl sites for hydroxylation is 1. The normalized spacial score (nSPS) is 15.2. The zero-order valence-corrected chi connectivity index (χ0v) is 12.7. The van der Waals surface area contributed by atoms with Crippen molar-refractivity contribution >= 4 is 5.95 Å². The molecule has 1 aromatic carbocycles. The van der Waals surface area contributed by atoms with Crippen LogP contribution in [0, 0.1) is 6.92 Å². The van der Waals surface area contributed by atoms with E-state index in [1.807, 2.05) is 19.1 Å². The standard InChI is InChI=1S/C16H19N3O2/c1-10-9-18-15(17-4)19-14(10)20-12-7-5-6-11-8-16(2,3)21-13(11)12/h5-7,9H,8H2,1-4H3,(H,17,18,19). The fraction of sp³-hybridized carbons (Fsp3) is 0.375. The molecule has 0 atom stereocenters. The summed E-state index contributed by atoms with van der Waals surface area (Å²) in [5.74, 6) is 2.58. The second-order valence-electron chi connectivity index (χ2n) is 5.82. The molecule has 0 fully saturated rings. The minimum atomic E-state index is -0.196. The van der Waals surface area contributed by atoms with E-state index in [-0.39, 0.29) is 5.60 Å². The third-order valence-corrected chi connectivity index (χ3v) is 3.41. The van der Waals surface area contributed by atoms with E-state index in [4.69, 9.17) is 9.47 Å². The Bertz CT molecular complexity index is 683. The Balaban J connectivity index is 1.96. The van der Waals surface area contributed by atoms with Crippen molar-refractivity contribution in [3.05, 3.63) is 35.5 Å². The molecule has 1 aromatic heterocycles. The summed E-state index contributed by atoms with van der Waals surface area (Å²) in [4.78, 5) is 8.51. The van der Waals surface area contributed by atoms with Gasteiger partial charge in [0.15, 0.2) is 11.5 Å².